The summed E-state index contributed by atoms with van der Waals surface area (Å²) in [5.74, 6) is 1.14. The zero-order valence-electron chi connectivity index (χ0n) is 10.7. The van der Waals surface area contributed by atoms with Crippen LogP contribution in [0.25, 0.3) is 16.7 Å². The van der Waals surface area contributed by atoms with Crippen molar-refractivity contribution in [3.8, 4) is 5.69 Å². The molecular formula is C15H11Cl2IN2. The highest BCUT2D eigenvalue weighted by atomic mass is 127. The Bertz CT molecular complexity index is 796. The third kappa shape index (κ3) is 2.43. The number of nitrogens with zero attached hydrogens (tertiary/aromatic N) is 2. The summed E-state index contributed by atoms with van der Waals surface area (Å²) in [6, 6.07) is 12.2. The SMILES string of the molecule is Cc1ccc2c(c1)nc(CCl)n2-c1ccc(I)cc1Cl. The highest BCUT2D eigenvalue weighted by molar-refractivity contribution is 14.1. The largest absolute Gasteiger partial charge is 0.294 e. The van der Waals surface area contributed by atoms with E-state index in [1.165, 1.54) is 5.56 Å². The molecule has 0 aliphatic carbocycles. The maximum absolute atomic E-state index is 6.39. The number of fused-ring (bicyclic) bond motifs is 1. The molecule has 3 rings (SSSR count). The predicted octanol–water partition coefficient (Wildman–Crippen LogP) is 5.33. The van der Waals surface area contributed by atoms with Gasteiger partial charge in [-0.3, -0.25) is 4.57 Å². The second-order valence-corrected chi connectivity index (χ2v) is 6.51. The summed E-state index contributed by atoms with van der Waals surface area (Å²) in [6.45, 7) is 2.05. The molecule has 0 bridgehead atoms. The summed E-state index contributed by atoms with van der Waals surface area (Å²) < 4.78 is 3.13. The van der Waals surface area contributed by atoms with Gasteiger partial charge in [-0.1, -0.05) is 17.7 Å². The van der Waals surface area contributed by atoms with Gasteiger partial charge in [0, 0.05) is 3.57 Å². The van der Waals surface area contributed by atoms with Crippen LogP contribution in [0.4, 0.5) is 0 Å². The maximum Gasteiger partial charge on any atom is 0.129 e. The smallest absolute Gasteiger partial charge is 0.129 e. The van der Waals surface area contributed by atoms with E-state index < -0.39 is 0 Å². The summed E-state index contributed by atoms with van der Waals surface area (Å²) in [5.41, 5.74) is 4.05. The number of hydrogen-bond acceptors (Lipinski definition) is 1. The van der Waals surface area contributed by atoms with E-state index in [0.717, 1.165) is 26.1 Å². The second-order valence-electron chi connectivity index (χ2n) is 4.58. The van der Waals surface area contributed by atoms with Crippen molar-refractivity contribution in [1.29, 1.82) is 0 Å². The lowest BCUT2D eigenvalue weighted by atomic mass is 10.2. The van der Waals surface area contributed by atoms with E-state index in [-0.39, 0.29) is 0 Å². The van der Waals surface area contributed by atoms with Gasteiger partial charge in [0.05, 0.1) is 27.6 Å². The van der Waals surface area contributed by atoms with Crippen LogP contribution in [0.1, 0.15) is 11.4 Å². The van der Waals surface area contributed by atoms with Crippen molar-refractivity contribution in [2.24, 2.45) is 0 Å². The fraction of sp³-hybridized carbons (Fsp3) is 0.133. The van der Waals surface area contributed by atoms with Gasteiger partial charge in [-0.25, -0.2) is 4.98 Å². The summed E-state index contributed by atoms with van der Waals surface area (Å²) >= 11 is 14.7. The van der Waals surface area contributed by atoms with Crippen molar-refractivity contribution in [2.75, 3.05) is 0 Å². The molecule has 0 spiro atoms. The van der Waals surface area contributed by atoms with Gasteiger partial charge in [-0.2, -0.15) is 0 Å². The van der Waals surface area contributed by atoms with Crippen LogP contribution in [0.15, 0.2) is 36.4 Å². The van der Waals surface area contributed by atoms with Gasteiger partial charge in [-0.05, 0) is 65.4 Å². The van der Waals surface area contributed by atoms with Gasteiger partial charge in [0.1, 0.15) is 5.82 Å². The number of aromatic nitrogens is 2. The van der Waals surface area contributed by atoms with Crippen molar-refractivity contribution in [1.82, 2.24) is 9.55 Å². The van der Waals surface area contributed by atoms with Crippen molar-refractivity contribution in [3.05, 3.63) is 56.4 Å². The van der Waals surface area contributed by atoms with Crippen molar-refractivity contribution >= 4 is 56.8 Å². The molecule has 0 saturated carbocycles. The molecule has 0 aliphatic rings. The first-order valence-electron chi connectivity index (χ1n) is 6.09. The second kappa shape index (κ2) is 5.54. The highest BCUT2D eigenvalue weighted by Crippen LogP contribution is 2.29. The Balaban J connectivity index is 2.34. The first-order chi connectivity index (χ1) is 9.60. The number of imidazole rings is 1. The summed E-state index contributed by atoms with van der Waals surface area (Å²) in [5, 5.41) is 0.697. The Labute approximate surface area is 140 Å². The average molecular weight is 417 g/mol. The Kier molecular flexibility index (Phi) is 3.93. The summed E-state index contributed by atoms with van der Waals surface area (Å²) in [4.78, 5) is 4.60. The number of halogens is 3. The third-order valence-electron chi connectivity index (χ3n) is 3.15. The van der Waals surface area contributed by atoms with E-state index in [2.05, 4.69) is 52.7 Å². The molecule has 0 amide bonds. The van der Waals surface area contributed by atoms with E-state index in [1.54, 1.807) is 0 Å². The number of benzene rings is 2. The summed E-state index contributed by atoms with van der Waals surface area (Å²) in [6.07, 6.45) is 0. The van der Waals surface area contributed by atoms with Gasteiger partial charge in [0.25, 0.3) is 0 Å². The normalized spacial score (nSPS) is 11.2. The fourth-order valence-corrected chi connectivity index (χ4v) is 3.38. The molecule has 2 nitrogen and oxygen atoms in total. The van der Waals surface area contributed by atoms with E-state index >= 15 is 0 Å². The van der Waals surface area contributed by atoms with Gasteiger partial charge in [0.15, 0.2) is 0 Å². The molecule has 0 aliphatic heterocycles. The Morgan fingerprint density at radius 2 is 2.00 bits per heavy atom. The molecule has 102 valence electrons. The molecule has 0 N–H and O–H groups in total. The van der Waals surface area contributed by atoms with Crippen molar-refractivity contribution in [2.45, 2.75) is 12.8 Å². The fourth-order valence-electron chi connectivity index (χ4n) is 2.26. The molecule has 2 aromatic carbocycles. The zero-order valence-corrected chi connectivity index (χ0v) is 14.4. The highest BCUT2D eigenvalue weighted by Gasteiger charge is 2.14. The standard InChI is InChI=1S/C15H11Cl2IN2/c1-9-2-4-14-12(6-9)19-15(8-16)20(14)13-5-3-10(18)7-11(13)17/h2-7H,8H2,1H3. The molecule has 0 radical (unpaired) electrons. The van der Waals surface area contributed by atoms with Crippen LogP contribution < -0.4 is 0 Å². The van der Waals surface area contributed by atoms with E-state index in [1.807, 2.05) is 22.8 Å². The van der Waals surface area contributed by atoms with Gasteiger partial charge in [-0.15, -0.1) is 11.6 Å². The maximum atomic E-state index is 6.39. The van der Waals surface area contributed by atoms with Crippen molar-refractivity contribution < 1.29 is 0 Å². The average Bonchev–Trinajstić information content (AvgIpc) is 2.76. The van der Waals surface area contributed by atoms with Gasteiger partial charge >= 0.3 is 0 Å². The van der Waals surface area contributed by atoms with Crippen LogP contribution in [0.3, 0.4) is 0 Å². The monoisotopic (exact) mass is 416 g/mol. The van der Waals surface area contributed by atoms with Crippen LogP contribution in [0.2, 0.25) is 5.02 Å². The topological polar surface area (TPSA) is 17.8 Å². The lowest BCUT2D eigenvalue weighted by molar-refractivity contribution is 0.981. The van der Waals surface area contributed by atoms with Crippen LogP contribution in [-0.4, -0.2) is 9.55 Å². The number of hydrogen-bond donors (Lipinski definition) is 0. The Morgan fingerprint density at radius 3 is 2.70 bits per heavy atom. The quantitative estimate of drug-likeness (QED) is 0.407. The van der Waals surface area contributed by atoms with Crippen LogP contribution in [-0.2, 0) is 5.88 Å². The van der Waals surface area contributed by atoms with E-state index in [0.29, 0.717) is 10.9 Å². The van der Waals surface area contributed by atoms with Gasteiger partial charge in [0.2, 0.25) is 0 Å². The molecule has 5 heteroatoms. The number of aryl methyl sites for hydroxylation is 1. The van der Waals surface area contributed by atoms with E-state index in [4.69, 9.17) is 23.2 Å². The van der Waals surface area contributed by atoms with Crippen LogP contribution in [0.5, 0.6) is 0 Å². The minimum absolute atomic E-state index is 0.343. The first kappa shape index (κ1) is 14.2. The first-order valence-corrected chi connectivity index (χ1v) is 8.08. The molecular weight excluding hydrogens is 406 g/mol. The Morgan fingerprint density at radius 1 is 1.20 bits per heavy atom. The molecule has 0 atom stereocenters. The lowest BCUT2D eigenvalue weighted by Gasteiger charge is -2.10. The molecule has 1 heterocycles. The predicted molar refractivity (Wildman–Crippen MR) is 93.1 cm³/mol. The molecule has 0 unspecified atom stereocenters. The van der Waals surface area contributed by atoms with Crippen LogP contribution >= 0.6 is 45.8 Å². The van der Waals surface area contributed by atoms with E-state index in [9.17, 15) is 0 Å². The number of alkyl halides is 1. The molecule has 0 saturated heterocycles. The molecule has 1 aromatic heterocycles. The van der Waals surface area contributed by atoms with Crippen LogP contribution in [0, 0.1) is 10.5 Å². The minimum atomic E-state index is 0.343. The molecule has 3 aromatic rings. The minimum Gasteiger partial charge on any atom is -0.294 e. The van der Waals surface area contributed by atoms with Crippen molar-refractivity contribution in [3.63, 3.8) is 0 Å². The molecule has 0 fully saturated rings. The summed E-state index contributed by atoms with van der Waals surface area (Å²) in [7, 11) is 0. The third-order valence-corrected chi connectivity index (χ3v) is 4.36. The molecule has 20 heavy (non-hydrogen) atoms. The lowest BCUT2D eigenvalue weighted by Crippen LogP contribution is -2.00. The Hall–Kier alpha value is -0.780. The zero-order chi connectivity index (χ0) is 14.3. The van der Waals surface area contributed by atoms with Gasteiger partial charge < -0.3 is 0 Å². The number of rotatable bonds is 2.